The Morgan fingerprint density at radius 2 is 1.89 bits per heavy atom. The van der Waals surface area contributed by atoms with Crippen LogP contribution in [0.15, 0.2) is 0 Å². The fourth-order valence-corrected chi connectivity index (χ4v) is 2.83. The quantitative estimate of drug-likeness (QED) is 0.506. The molecule has 1 saturated carbocycles. The van der Waals surface area contributed by atoms with E-state index in [0.29, 0.717) is 6.61 Å². The molecule has 1 amide bonds. The van der Waals surface area contributed by atoms with Gasteiger partial charge in [0.05, 0.1) is 6.61 Å². The smallest absolute Gasteiger partial charge is 0.325 e. The van der Waals surface area contributed by atoms with Crippen molar-refractivity contribution in [2.45, 2.75) is 51.4 Å². The Hall–Kier alpha value is -0.380. The summed E-state index contributed by atoms with van der Waals surface area (Å²) in [5.41, 5.74) is 0. The van der Waals surface area contributed by atoms with Crippen molar-refractivity contribution >= 4 is 13.5 Å². The minimum atomic E-state index is -3.31. The zero-order chi connectivity index (χ0) is 14.1. The zero-order valence-electron chi connectivity index (χ0n) is 11.8. The molecule has 5 nitrogen and oxygen atoms in total. The number of rotatable bonds is 9. The van der Waals surface area contributed by atoms with Crippen LogP contribution in [0, 0.1) is 5.92 Å². The van der Waals surface area contributed by atoms with Crippen LogP contribution < -0.4 is 5.32 Å². The number of hydrogen-bond acceptors (Lipinski definition) is 3. The van der Waals surface area contributed by atoms with Crippen molar-refractivity contribution < 1.29 is 18.8 Å². The third-order valence-corrected chi connectivity index (χ3v) is 4.09. The maximum absolute atomic E-state index is 11.7. The minimum Gasteiger partial charge on any atom is -0.356 e. The van der Waals surface area contributed by atoms with Crippen LogP contribution in [0.2, 0.25) is 0 Å². The van der Waals surface area contributed by atoms with Crippen molar-refractivity contribution in [3.05, 3.63) is 0 Å². The second-order valence-electron chi connectivity index (χ2n) is 5.32. The normalized spacial score (nSPS) is 19.3. The predicted molar refractivity (Wildman–Crippen MR) is 75.1 cm³/mol. The Labute approximate surface area is 115 Å². The molecule has 1 rings (SSSR count). The molecule has 1 aliphatic carbocycles. The summed E-state index contributed by atoms with van der Waals surface area (Å²) in [5.74, 6) is 0.463. The lowest BCUT2D eigenvalue weighted by atomic mass is 10.1. The van der Waals surface area contributed by atoms with Crippen molar-refractivity contribution in [2.24, 2.45) is 5.92 Å². The molecule has 0 aromatic heterocycles. The van der Waals surface area contributed by atoms with Crippen molar-refractivity contribution in [1.29, 1.82) is 0 Å². The molecule has 1 aliphatic rings. The summed E-state index contributed by atoms with van der Waals surface area (Å²) in [7, 11) is -3.31. The van der Waals surface area contributed by atoms with Crippen molar-refractivity contribution in [3.8, 4) is 0 Å². The largest absolute Gasteiger partial charge is 0.356 e. The average Bonchev–Trinajstić information content (AvgIpc) is 2.84. The standard InChI is InChI=1S/C13H26NO4P/c1-19(16,17)18-11-7-3-2-6-10-14-13(15)12-8-4-5-9-12/h12H,2-11H2,1H3,(H,14,15)(H,16,17). The van der Waals surface area contributed by atoms with E-state index in [1.165, 1.54) is 19.5 Å². The average molecular weight is 291 g/mol. The number of carbonyl (C=O) groups excluding carboxylic acids is 1. The van der Waals surface area contributed by atoms with Gasteiger partial charge in [-0.25, -0.2) is 0 Å². The van der Waals surface area contributed by atoms with E-state index in [1.807, 2.05) is 0 Å². The summed E-state index contributed by atoms with van der Waals surface area (Å²) in [5, 5.41) is 2.99. The lowest BCUT2D eigenvalue weighted by Crippen LogP contribution is -2.30. The van der Waals surface area contributed by atoms with Gasteiger partial charge in [-0.3, -0.25) is 9.36 Å². The molecule has 0 aromatic carbocycles. The molecule has 0 bridgehead atoms. The summed E-state index contributed by atoms with van der Waals surface area (Å²) in [6, 6.07) is 0. The monoisotopic (exact) mass is 291 g/mol. The summed E-state index contributed by atoms with van der Waals surface area (Å²) < 4.78 is 15.6. The van der Waals surface area contributed by atoms with Crippen LogP contribution in [0.25, 0.3) is 0 Å². The first-order valence-corrected chi connectivity index (χ1v) is 9.24. The van der Waals surface area contributed by atoms with Gasteiger partial charge in [0.25, 0.3) is 0 Å². The topological polar surface area (TPSA) is 75.6 Å². The summed E-state index contributed by atoms with van der Waals surface area (Å²) in [4.78, 5) is 20.6. The van der Waals surface area contributed by atoms with Gasteiger partial charge in [-0.15, -0.1) is 0 Å². The van der Waals surface area contributed by atoms with E-state index in [-0.39, 0.29) is 11.8 Å². The number of amides is 1. The van der Waals surface area contributed by atoms with Crippen LogP contribution in [0.4, 0.5) is 0 Å². The SMILES string of the molecule is CP(=O)(O)OCCCCCCNC(=O)C1CCCC1. The molecule has 1 unspecified atom stereocenters. The first-order chi connectivity index (χ1) is 8.99. The van der Waals surface area contributed by atoms with E-state index < -0.39 is 7.60 Å². The van der Waals surface area contributed by atoms with E-state index in [1.54, 1.807) is 0 Å². The number of unbranched alkanes of at least 4 members (excludes halogenated alkanes) is 3. The Bertz CT molecular complexity index is 310. The van der Waals surface area contributed by atoms with Crippen LogP contribution >= 0.6 is 7.60 Å². The van der Waals surface area contributed by atoms with Gasteiger partial charge in [0.2, 0.25) is 5.91 Å². The van der Waals surface area contributed by atoms with Crippen molar-refractivity contribution in [3.63, 3.8) is 0 Å². The summed E-state index contributed by atoms with van der Waals surface area (Å²) >= 11 is 0. The van der Waals surface area contributed by atoms with Crippen LogP contribution in [-0.4, -0.2) is 30.6 Å². The highest BCUT2D eigenvalue weighted by molar-refractivity contribution is 7.51. The molecule has 0 radical (unpaired) electrons. The highest BCUT2D eigenvalue weighted by Gasteiger charge is 2.21. The Balaban J connectivity index is 1.88. The molecule has 0 heterocycles. The van der Waals surface area contributed by atoms with Gasteiger partial charge in [-0.05, 0) is 25.7 Å². The molecular formula is C13H26NO4P. The second-order valence-corrected chi connectivity index (χ2v) is 7.19. The van der Waals surface area contributed by atoms with E-state index >= 15 is 0 Å². The Morgan fingerprint density at radius 1 is 1.26 bits per heavy atom. The van der Waals surface area contributed by atoms with Crippen molar-refractivity contribution in [2.75, 3.05) is 19.8 Å². The molecule has 0 spiro atoms. The molecule has 19 heavy (non-hydrogen) atoms. The zero-order valence-corrected chi connectivity index (χ0v) is 12.7. The lowest BCUT2D eigenvalue weighted by Gasteiger charge is -2.10. The summed E-state index contributed by atoms with van der Waals surface area (Å²) in [6.45, 7) is 2.27. The van der Waals surface area contributed by atoms with E-state index in [2.05, 4.69) is 5.32 Å². The molecule has 112 valence electrons. The number of hydrogen-bond donors (Lipinski definition) is 2. The lowest BCUT2D eigenvalue weighted by molar-refractivity contribution is -0.124. The molecule has 2 N–H and O–H groups in total. The van der Waals surface area contributed by atoms with Crippen LogP contribution in [0.1, 0.15) is 51.4 Å². The van der Waals surface area contributed by atoms with Crippen LogP contribution in [0.5, 0.6) is 0 Å². The van der Waals surface area contributed by atoms with Crippen LogP contribution in [-0.2, 0) is 13.9 Å². The molecule has 1 atom stereocenters. The first kappa shape index (κ1) is 16.7. The second kappa shape index (κ2) is 8.72. The first-order valence-electron chi connectivity index (χ1n) is 7.21. The van der Waals surface area contributed by atoms with Gasteiger partial charge in [-0.1, -0.05) is 25.7 Å². The van der Waals surface area contributed by atoms with E-state index in [4.69, 9.17) is 9.42 Å². The van der Waals surface area contributed by atoms with E-state index in [9.17, 15) is 9.36 Å². The molecule has 1 fully saturated rings. The van der Waals surface area contributed by atoms with Gasteiger partial charge in [-0.2, -0.15) is 0 Å². The maximum Gasteiger partial charge on any atom is 0.325 e. The molecule has 0 saturated heterocycles. The molecule has 6 heteroatoms. The molecule has 0 aliphatic heterocycles. The maximum atomic E-state index is 11.7. The van der Waals surface area contributed by atoms with Crippen molar-refractivity contribution in [1.82, 2.24) is 5.32 Å². The fourth-order valence-electron chi connectivity index (χ4n) is 2.36. The third-order valence-electron chi connectivity index (χ3n) is 3.43. The van der Waals surface area contributed by atoms with E-state index in [0.717, 1.165) is 45.1 Å². The molecule has 0 aromatic rings. The van der Waals surface area contributed by atoms with Gasteiger partial charge in [0.1, 0.15) is 0 Å². The van der Waals surface area contributed by atoms with Crippen LogP contribution in [0.3, 0.4) is 0 Å². The van der Waals surface area contributed by atoms with Gasteiger partial charge >= 0.3 is 7.60 Å². The highest BCUT2D eigenvalue weighted by Crippen LogP contribution is 2.36. The molecular weight excluding hydrogens is 265 g/mol. The van der Waals surface area contributed by atoms with Gasteiger partial charge in [0.15, 0.2) is 0 Å². The minimum absolute atomic E-state index is 0.216. The summed E-state index contributed by atoms with van der Waals surface area (Å²) in [6.07, 6.45) is 8.17. The van der Waals surface area contributed by atoms with Gasteiger partial charge in [0, 0.05) is 19.1 Å². The Kier molecular flexibility index (Phi) is 7.66. The Morgan fingerprint density at radius 3 is 2.53 bits per heavy atom. The predicted octanol–water partition coefficient (Wildman–Crippen LogP) is 2.69. The fraction of sp³-hybridized carbons (Fsp3) is 0.923. The highest BCUT2D eigenvalue weighted by atomic mass is 31.2. The number of carbonyl (C=O) groups is 1. The third kappa shape index (κ3) is 8.40. The van der Waals surface area contributed by atoms with Gasteiger partial charge < -0.3 is 14.7 Å². The number of nitrogens with one attached hydrogen (secondary N) is 1.